The van der Waals surface area contributed by atoms with E-state index in [9.17, 15) is 4.57 Å². The van der Waals surface area contributed by atoms with Gasteiger partial charge in [0.1, 0.15) is 0 Å². The van der Waals surface area contributed by atoms with Crippen LogP contribution in [0.25, 0.3) is 0 Å². The van der Waals surface area contributed by atoms with E-state index in [1.54, 1.807) is 6.08 Å². The Morgan fingerprint density at radius 2 is 1.35 bits per heavy atom. The summed E-state index contributed by atoms with van der Waals surface area (Å²) in [6, 6.07) is 0. The molecule has 0 rings (SSSR count). The molecular formula is C13H29O3P. The normalized spacial score (nSPS) is 10.6. The molecule has 0 aliphatic heterocycles. The minimum atomic E-state index is -3.73. The molecule has 17 heavy (non-hydrogen) atoms. The Hall–Kier alpha value is -0.110. The summed E-state index contributed by atoms with van der Waals surface area (Å²) in [4.78, 5) is 17.2. The van der Waals surface area contributed by atoms with E-state index < -0.39 is 7.60 Å². The molecule has 0 bridgehead atoms. The van der Waals surface area contributed by atoms with Gasteiger partial charge in [0, 0.05) is 6.16 Å². The maximum Gasteiger partial charge on any atom is 0.325 e. The molecule has 0 aromatic rings. The van der Waals surface area contributed by atoms with Crippen LogP contribution in [0.1, 0.15) is 65.2 Å². The molecule has 0 unspecified atom stereocenters. The molecular weight excluding hydrogens is 235 g/mol. The molecule has 2 N–H and O–H groups in total. The summed E-state index contributed by atoms with van der Waals surface area (Å²) in [5.74, 6) is 0. The van der Waals surface area contributed by atoms with Crippen molar-refractivity contribution in [2.24, 2.45) is 0 Å². The first kappa shape index (κ1) is 19.2. The maximum atomic E-state index is 10.5. The van der Waals surface area contributed by atoms with Crippen molar-refractivity contribution in [1.29, 1.82) is 0 Å². The lowest BCUT2D eigenvalue weighted by Gasteiger charge is -2.03. The van der Waals surface area contributed by atoms with E-state index in [1.165, 1.54) is 32.1 Å². The van der Waals surface area contributed by atoms with E-state index in [4.69, 9.17) is 9.79 Å². The Bertz CT molecular complexity index is 199. The molecule has 0 heterocycles. The number of hydrogen-bond acceptors (Lipinski definition) is 1. The van der Waals surface area contributed by atoms with Crippen LogP contribution in [-0.2, 0) is 4.57 Å². The molecule has 0 saturated heterocycles. The quantitative estimate of drug-likeness (QED) is 0.366. The Labute approximate surface area is 106 Å². The standard InChI is InChI=1S/C10H23O3P.C3H6/c1-2-3-4-5-6-7-8-9-10-14(11,12)13;1-3-2/h2-10H2,1H3,(H2,11,12,13);3H,1H2,2H3. The molecule has 0 aliphatic rings. The smallest absolute Gasteiger partial charge is 0.324 e. The molecule has 0 spiro atoms. The molecule has 0 amide bonds. The molecule has 4 heteroatoms. The average Bonchev–Trinajstić information content (AvgIpc) is 2.22. The summed E-state index contributed by atoms with van der Waals surface area (Å²) < 4.78 is 10.5. The van der Waals surface area contributed by atoms with Gasteiger partial charge in [0.2, 0.25) is 0 Å². The van der Waals surface area contributed by atoms with Crippen LogP contribution in [0.15, 0.2) is 12.7 Å². The Balaban J connectivity index is 0. The lowest BCUT2D eigenvalue weighted by molar-refractivity contribution is 0.370. The van der Waals surface area contributed by atoms with Gasteiger partial charge in [-0.25, -0.2) is 0 Å². The van der Waals surface area contributed by atoms with Crippen molar-refractivity contribution in [1.82, 2.24) is 0 Å². The van der Waals surface area contributed by atoms with E-state index in [2.05, 4.69) is 13.5 Å². The summed E-state index contributed by atoms with van der Waals surface area (Å²) in [5.41, 5.74) is 0. The molecule has 3 nitrogen and oxygen atoms in total. The van der Waals surface area contributed by atoms with Gasteiger partial charge < -0.3 is 9.79 Å². The highest BCUT2D eigenvalue weighted by molar-refractivity contribution is 7.51. The first-order valence-electron chi connectivity index (χ1n) is 6.59. The third-order valence-electron chi connectivity index (χ3n) is 2.30. The second kappa shape index (κ2) is 14.0. The first-order chi connectivity index (χ1) is 7.97. The molecule has 0 saturated carbocycles. The highest BCUT2D eigenvalue weighted by Gasteiger charge is 2.10. The molecule has 0 radical (unpaired) electrons. The van der Waals surface area contributed by atoms with Crippen molar-refractivity contribution < 1.29 is 14.4 Å². The summed E-state index contributed by atoms with van der Waals surface area (Å²) in [7, 11) is -3.73. The highest BCUT2D eigenvalue weighted by atomic mass is 31.2. The fourth-order valence-electron chi connectivity index (χ4n) is 1.45. The van der Waals surface area contributed by atoms with E-state index in [-0.39, 0.29) is 6.16 Å². The van der Waals surface area contributed by atoms with Crippen molar-refractivity contribution in [3.8, 4) is 0 Å². The zero-order chi connectivity index (χ0) is 13.6. The minimum Gasteiger partial charge on any atom is -0.324 e. The monoisotopic (exact) mass is 264 g/mol. The van der Waals surface area contributed by atoms with Crippen LogP contribution in [0.4, 0.5) is 0 Å². The van der Waals surface area contributed by atoms with Gasteiger partial charge in [0.05, 0.1) is 0 Å². The van der Waals surface area contributed by atoms with Gasteiger partial charge in [0.15, 0.2) is 0 Å². The molecule has 0 aromatic heterocycles. The topological polar surface area (TPSA) is 57.5 Å². The van der Waals surface area contributed by atoms with E-state index in [1.807, 2.05) is 6.92 Å². The summed E-state index contributed by atoms with van der Waals surface area (Å²) in [6.45, 7) is 7.44. The second-order valence-electron chi connectivity index (χ2n) is 4.27. The zero-order valence-electron chi connectivity index (χ0n) is 11.4. The van der Waals surface area contributed by atoms with E-state index in [0.717, 1.165) is 12.8 Å². The van der Waals surface area contributed by atoms with Crippen LogP contribution in [0.5, 0.6) is 0 Å². The van der Waals surface area contributed by atoms with Gasteiger partial charge in [-0.05, 0) is 13.3 Å². The van der Waals surface area contributed by atoms with Crippen LogP contribution < -0.4 is 0 Å². The van der Waals surface area contributed by atoms with Crippen molar-refractivity contribution in [3.63, 3.8) is 0 Å². The molecule has 0 aromatic carbocycles. The molecule has 0 aliphatic carbocycles. The molecule has 104 valence electrons. The predicted octanol–water partition coefficient (Wildman–Crippen LogP) is 4.50. The minimum absolute atomic E-state index is 0.0575. The Kier molecular flexibility index (Phi) is 15.8. The van der Waals surface area contributed by atoms with Gasteiger partial charge in [-0.2, -0.15) is 0 Å². The highest BCUT2D eigenvalue weighted by Crippen LogP contribution is 2.35. The van der Waals surface area contributed by atoms with Crippen LogP contribution in [0.3, 0.4) is 0 Å². The van der Waals surface area contributed by atoms with E-state index >= 15 is 0 Å². The third kappa shape index (κ3) is 25.9. The lowest BCUT2D eigenvalue weighted by Crippen LogP contribution is -1.88. The Morgan fingerprint density at radius 3 is 1.71 bits per heavy atom. The maximum absolute atomic E-state index is 10.5. The summed E-state index contributed by atoms with van der Waals surface area (Å²) in [5, 5.41) is 0. The van der Waals surface area contributed by atoms with Crippen molar-refractivity contribution >= 4 is 7.60 Å². The Morgan fingerprint density at radius 1 is 1.00 bits per heavy atom. The van der Waals surface area contributed by atoms with Crippen molar-refractivity contribution in [2.75, 3.05) is 6.16 Å². The number of unbranched alkanes of at least 4 members (excludes halogenated alkanes) is 7. The van der Waals surface area contributed by atoms with Crippen LogP contribution in [0, 0.1) is 0 Å². The average molecular weight is 264 g/mol. The fraction of sp³-hybridized carbons (Fsp3) is 0.846. The van der Waals surface area contributed by atoms with Crippen molar-refractivity contribution in [2.45, 2.75) is 65.2 Å². The predicted molar refractivity (Wildman–Crippen MR) is 75.4 cm³/mol. The fourth-order valence-corrected chi connectivity index (χ4v) is 2.09. The van der Waals surface area contributed by atoms with Gasteiger partial charge in [-0.15, -0.1) is 6.58 Å². The SMILES string of the molecule is C=CC.CCCCCCCCCCP(=O)(O)O. The van der Waals surface area contributed by atoms with E-state index in [0.29, 0.717) is 6.42 Å². The third-order valence-corrected chi connectivity index (χ3v) is 3.20. The first-order valence-corrected chi connectivity index (χ1v) is 8.39. The number of hydrogen-bond donors (Lipinski definition) is 2. The summed E-state index contributed by atoms with van der Waals surface area (Å²) in [6.07, 6.45) is 10.9. The summed E-state index contributed by atoms with van der Waals surface area (Å²) >= 11 is 0. The number of rotatable bonds is 9. The van der Waals surface area contributed by atoms with Crippen molar-refractivity contribution in [3.05, 3.63) is 12.7 Å². The van der Waals surface area contributed by atoms with Gasteiger partial charge in [-0.3, -0.25) is 4.57 Å². The van der Waals surface area contributed by atoms with Crippen LogP contribution in [0.2, 0.25) is 0 Å². The van der Waals surface area contributed by atoms with Gasteiger partial charge >= 0.3 is 7.60 Å². The lowest BCUT2D eigenvalue weighted by atomic mass is 10.1. The number of allylic oxidation sites excluding steroid dienone is 1. The van der Waals surface area contributed by atoms with Gasteiger partial charge in [-0.1, -0.05) is 57.9 Å². The zero-order valence-corrected chi connectivity index (χ0v) is 12.3. The van der Waals surface area contributed by atoms with Crippen LogP contribution >= 0.6 is 7.60 Å². The molecule has 0 atom stereocenters. The van der Waals surface area contributed by atoms with Gasteiger partial charge in [0.25, 0.3) is 0 Å². The van der Waals surface area contributed by atoms with Crippen LogP contribution in [-0.4, -0.2) is 15.9 Å². The molecule has 0 fully saturated rings. The second-order valence-corrected chi connectivity index (χ2v) is 6.05. The largest absolute Gasteiger partial charge is 0.325 e.